The van der Waals surface area contributed by atoms with E-state index in [1.807, 2.05) is 0 Å². The normalized spacial score (nSPS) is 13.3. The van der Waals surface area contributed by atoms with Gasteiger partial charge in [-0.25, -0.2) is 15.0 Å². The summed E-state index contributed by atoms with van der Waals surface area (Å²) >= 11 is 0. The van der Waals surface area contributed by atoms with Crippen LogP contribution in [0.25, 0.3) is 0 Å². The van der Waals surface area contributed by atoms with E-state index in [4.69, 9.17) is 14.5 Å². The first-order valence-corrected chi connectivity index (χ1v) is 15.2. The smallest absolute Gasteiger partial charge is 0.303 e. The fourth-order valence-corrected chi connectivity index (χ4v) is 4.90. The van der Waals surface area contributed by atoms with Crippen LogP contribution in [-0.2, 0) is 38.3 Å². The van der Waals surface area contributed by atoms with Crippen LogP contribution in [-0.4, -0.2) is 71.5 Å². The highest BCUT2D eigenvalue weighted by molar-refractivity contribution is 5.76. The Hall–Kier alpha value is -3.11. The number of unbranched alkanes of at least 4 members (excludes halogenated alkanes) is 3. The highest BCUT2D eigenvalue weighted by Gasteiger charge is 2.17. The largest absolute Gasteiger partial charge is 0.481 e. The van der Waals surface area contributed by atoms with E-state index in [9.17, 15) is 14.7 Å². The lowest BCUT2D eigenvalue weighted by Gasteiger charge is -2.17. The maximum atomic E-state index is 12.1. The van der Waals surface area contributed by atoms with Crippen molar-refractivity contribution < 1.29 is 24.2 Å². The summed E-state index contributed by atoms with van der Waals surface area (Å²) in [7, 11) is 0. The van der Waals surface area contributed by atoms with Gasteiger partial charge in [0.05, 0.1) is 26.2 Å². The van der Waals surface area contributed by atoms with Crippen LogP contribution in [0, 0.1) is 0 Å². The van der Waals surface area contributed by atoms with E-state index in [0.29, 0.717) is 38.6 Å². The number of aliphatic carboxylic acids is 1. The summed E-state index contributed by atoms with van der Waals surface area (Å²) in [6.45, 7) is 5.77. The Bertz CT molecular complexity index is 1050. The molecular formula is C31H47N5O5. The lowest BCUT2D eigenvalue weighted by molar-refractivity contribution is -0.137. The van der Waals surface area contributed by atoms with E-state index < -0.39 is 5.97 Å². The molecule has 3 heterocycles. The number of aromatic nitrogens is 3. The molecule has 0 saturated carbocycles. The lowest BCUT2D eigenvalue weighted by Crippen LogP contribution is -2.28. The standard InChI is InChI=1S/C31H47N5O5/c1-2-17-40-19-20-41-18-16-32-29(37)14-13-28-34-22-26(23-35-28)25(21-30(38)39)8-5-3-4-6-10-27-12-11-24-9-7-15-33-31(24)36-27/h11-12,22-23,25H,2-10,13-21H2,1H3,(H,32,37)(H,33,36)(H,38,39)/t25-/m0/s1. The lowest BCUT2D eigenvalue weighted by atomic mass is 9.92. The predicted octanol–water partition coefficient (Wildman–Crippen LogP) is 4.47. The van der Waals surface area contributed by atoms with Crippen molar-refractivity contribution in [3.05, 3.63) is 47.2 Å². The van der Waals surface area contributed by atoms with Gasteiger partial charge in [-0.1, -0.05) is 32.3 Å². The van der Waals surface area contributed by atoms with Crippen LogP contribution < -0.4 is 10.6 Å². The summed E-state index contributed by atoms with van der Waals surface area (Å²) in [6, 6.07) is 4.35. The van der Waals surface area contributed by atoms with E-state index in [-0.39, 0.29) is 24.7 Å². The molecule has 10 heteroatoms. The second kappa shape index (κ2) is 19.1. The number of ether oxygens (including phenoxy) is 2. The van der Waals surface area contributed by atoms with Gasteiger partial charge in [-0.3, -0.25) is 9.59 Å². The first-order chi connectivity index (χ1) is 20.0. The number of carboxylic acids is 1. The molecule has 0 unspecified atom stereocenters. The highest BCUT2D eigenvalue weighted by atomic mass is 16.5. The van der Waals surface area contributed by atoms with E-state index in [0.717, 1.165) is 81.6 Å². The molecule has 1 aliphatic heterocycles. The number of rotatable bonds is 21. The van der Waals surface area contributed by atoms with Gasteiger partial charge >= 0.3 is 5.97 Å². The third-order valence-electron chi connectivity index (χ3n) is 7.17. The third-order valence-corrected chi connectivity index (χ3v) is 7.17. The molecule has 3 N–H and O–H groups in total. The molecule has 0 fully saturated rings. The van der Waals surface area contributed by atoms with Crippen molar-refractivity contribution in [2.24, 2.45) is 0 Å². The molecule has 0 saturated heterocycles. The third kappa shape index (κ3) is 12.9. The Morgan fingerprint density at radius 1 is 1.02 bits per heavy atom. The Morgan fingerprint density at radius 3 is 2.59 bits per heavy atom. The summed E-state index contributed by atoms with van der Waals surface area (Å²) in [5.41, 5.74) is 3.29. The van der Waals surface area contributed by atoms with Gasteiger partial charge in [0.25, 0.3) is 0 Å². The molecular weight excluding hydrogens is 522 g/mol. The Balaban J connectivity index is 1.31. The molecule has 1 aliphatic rings. The van der Waals surface area contributed by atoms with Crippen LogP contribution in [0.2, 0.25) is 0 Å². The number of anilines is 1. The fraction of sp³-hybridized carbons (Fsp3) is 0.645. The monoisotopic (exact) mass is 569 g/mol. The van der Waals surface area contributed by atoms with Crippen LogP contribution in [0.15, 0.2) is 24.5 Å². The van der Waals surface area contributed by atoms with Gasteiger partial charge in [0.1, 0.15) is 11.6 Å². The van der Waals surface area contributed by atoms with Gasteiger partial charge in [0.15, 0.2) is 0 Å². The van der Waals surface area contributed by atoms with Crippen LogP contribution in [0.5, 0.6) is 0 Å². The van der Waals surface area contributed by atoms with Crippen molar-refractivity contribution in [3.63, 3.8) is 0 Å². The number of pyridine rings is 1. The first kappa shape index (κ1) is 32.4. The molecule has 3 rings (SSSR count). The molecule has 1 atom stereocenters. The second-order valence-electron chi connectivity index (χ2n) is 10.6. The molecule has 0 aliphatic carbocycles. The molecule has 0 spiro atoms. The van der Waals surface area contributed by atoms with Crippen molar-refractivity contribution in [3.8, 4) is 0 Å². The van der Waals surface area contributed by atoms with E-state index in [1.54, 1.807) is 12.4 Å². The summed E-state index contributed by atoms with van der Waals surface area (Å²) in [5.74, 6) is 0.609. The Morgan fingerprint density at radius 2 is 1.80 bits per heavy atom. The topological polar surface area (TPSA) is 136 Å². The Labute approximate surface area is 244 Å². The number of aryl methyl sites for hydroxylation is 3. The van der Waals surface area contributed by atoms with E-state index >= 15 is 0 Å². The van der Waals surface area contributed by atoms with E-state index in [1.165, 1.54) is 12.0 Å². The zero-order valence-corrected chi connectivity index (χ0v) is 24.5. The summed E-state index contributed by atoms with van der Waals surface area (Å²) in [5, 5.41) is 15.7. The number of amides is 1. The number of hydrogen-bond acceptors (Lipinski definition) is 8. The quantitative estimate of drug-likeness (QED) is 0.186. The second-order valence-corrected chi connectivity index (χ2v) is 10.6. The summed E-state index contributed by atoms with van der Waals surface area (Å²) in [6.07, 6.45) is 13.4. The zero-order chi connectivity index (χ0) is 29.1. The summed E-state index contributed by atoms with van der Waals surface area (Å²) in [4.78, 5) is 37.2. The zero-order valence-electron chi connectivity index (χ0n) is 24.5. The minimum Gasteiger partial charge on any atom is -0.481 e. The molecule has 0 radical (unpaired) electrons. The fourth-order valence-electron chi connectivity index (χ4n) is 4.90. The van der Waals surface area contributed by atoms with Crippen molar-refractivity contribution >= 4 is 17.7 Å². The molecule has 2 aromatic heterocycles. The molecule has 10 nitrogen and oxygen atoms in total. The Kier molecular flexibility index (Phi) is 15.1. The number of nitrogens with one attached hydrogen (secondary N) is 2. The van der Waals surface area contributed by atoms with Gasteiger partial charge in [-0.05, 0) is 61.6 Å². The summed E-state index contributed by atoms with van der Waals surface area (Å²) < 4.78 is 10.8. The van der Waals surface area contributed by atoms with Crippen LogP contribution in [0.3, 0.4) is 0 Å². The van der Waals surface area contributed by atoms with Crippen LogP contribution in [0.4, 0.5) is 5.82 Å². The van der Waals surface area contributed by atoms with Crippen molar-refractivity contribution in [1.29, 1.82) is 0 Å². The highest BCUT2D eigenvalue weighted by Crippen LogP contribution is 2.26. The maximum absolute atomic E-state index is 12.1. The first-order valence-electron chi connectivity index (χ1n) is 15.2. The van der Waals surface area contributed by atoms with Gasteiger partial charge in [0, 0.05) is 50.6 Å². The van der Waals surface area contributed by atoms with Gasteiger partial charge < -0.3 is 25.2 Å². The van der Waals surface area contributed by atoms with Crippen molar-refractivity contribution in [1.82, 2.24) is 20.3 Å². The minimum atomic E-state index is -0.819. The van der Waals surface area contributed by atoms with Gasteiger partial charge in [-0.15, -0.1) is 0 Å². The molecule has 0 bridgehead atoms. The van der Waals surface area contributed by atoms with Crippen LogP contribution >= 0.6 is 0 Å². The number of carbonyl (C=O) groups is 2. The average Bonchev–Trinajstić information content (AvgIpc) is 2.98. The number of carboxylic acid groups (broad SMARTS) is 1. The minimum absolute atomic E-state index is 0.0595. The molecule has 0 aromatic carbocycles. The molecule has 226 valence electrons. The number of carbonyl (C=O) groups excluding carboxylic acids is 1. The van der Waals surface area contributed by atoms with Gasteiger partial charge in [0.2, 0.25) is 5.91 Å². The van der Waals surface area contributed by atoms with E-state index in [2.05, 4.69) is 39.7 Å². The SMILES string of the molecule is CCCOCCOCCNC(=O)CCc1ncc([C@@H](CCCCCCc2ccc3c(n2)NCCC3)CC(=O)O)cn1. The maximum Gasteiger partial charge on any atom is 0.303 e. The van der Waals surface area contributed by atoms with Crippen molar-refractivity contribution in [2.45, 2.75) is 89.9 Å². The number of hydrogen-bond donors (Lipinski definition) is 3. The van der Waals surface area contributed by atoms with Crippen LogP contribution in [0.1, 0.15) is 93.3 Å². The van der Waals surface area contributed by atoms with Crippen molar-refractivity contribution in [2.75, 3.05) is 44.8 Å². The molecule has 41 heavy (non-hydrogen) atoms. The number of nitrogens with zero attached hydrogens (tertiary/aromatic N) is 3. The number of fused-ring (bicyclic) bond motifs is 1. The molecule has 1 amide bonds. The van der Waals surface area contributed by atoms with Gasteiger partial charge in [-0.2, -0.15) is 0 Å². The predicted molar refractivity (Wildman–Crippen MR) is 158 cm³/mol. The molecule has 2 aromatic rings. The average molecular weight is 570 g/mol.